The number of aromatic amines is 1. The Morgan fingerprint density at radius 1 is 1.30 bits per heavy atom. The van der Waals surface area contributed by atoms with E-state index in [1.807, 2.05) is 4.90 Å². The van der Waals surface area contributed by atoms with E-state index in [9.17, 15) is 4.79 Å². The molecule has 0 bridgehead atoms. The minimum Gasteiger partial charge on any atom is -0.333 e. The summed E-state index contributed by atoms with van der Waals surface area (Å²) in [6.07, 6.45) is 2.33. The Morgan fingerprint density at radius 3 is 2.60 bits per heavy atom. The van der Waals surface area contributed by atoms with E-state index >= 15 is 0 Å². The second kappa shape index (κ2) is 5.52. The maximum Gasteiger partial charge on any atom is 0.293 e. The zero-order valence-corrected chi connectivity index (χ0v) is 12.3. The zero-order chi connectivity index (χ0) is 14.1. The summed E-state index contributed by atoms with van der Waals surface area (Å²) in [4.78, 5) is 21.0. The lowest BCUT2D eigenvalue weighted by atomic mass is 10.2. The summed E-state index contributed by atoms with van der Waals surface area (Å²) in [6.45, 7) is 9.01. The van der Waals surface area contributed by atoms with Gasteiger partial charge in [0.25, 0.3) is 5.91 Å². The normalized spacial score (nSPS) is 20.6. The fourth-order valence-corrected chi connectivity index (χ4v) is 2.70. The van der Waals surface area contributed by atoms with Gasteiger partial charge in [-0.3, -0.25) is 14.8 Å². The van der Waals surface area contributed by atoms with E-state index in [1.54, 1.807) is 0 Å². The molecule has 0 atom stereocenters. The van der Waals surface area contributed by atoms with Crippen molar-refractivity contribution in [3.8, 4) is 0 Å². The SMILES string of the molecule is CC(C)CN1CCN(C(=O)c2n[nH]c(C3CC3)n2)CC1. The van der Waals surface area contributed by atoms with Crippen molar-refractivity contribution in [2.75, 3.05) is 32.7 Å². The number of aromatic nitrogens is 3. The van der Waals surface area contributed by atoms with Crippen LogP contribution in [0, 0.1) is 5.92 Å². The van der Waals surface area contributed by atoms with Crippen LogP contribution in [-0.2, 0) is 0 Å². The van der Waals surface area contributed by atoms with Crippen molar-refractivity contribution < 1.29 is 4.79 Å². The third-order valence-electron chi connectivity index (χ3n) is 3.94. The molecule has 110 valence electrons. The molecule has 1 N–H and O–H groups in total. The Bertz CT molecular complexity index is 472. The van der Waals surface area contributed by atoms with E-state index in [4.69, 9.17) is 0 Å². The zero-order valence-electron chi connectivity index (χ0n) is 12.3. The lowest BCUT2D eigenvalue weighted by Crippen LogP contribution is -2.49. The topological polar surface area (TPSA) is 65.1 Å². The van der Waals surface area contributed by atoms with Crippen LogP contribution in [0.15, 0.2) is 0 Å². The lowest BCUT2D eigenvalue weighted by molar-refractivity contribution is 0.0612. The molecule has 1 aromatic rings. The first-order chi connectivity index (χ1) is 9.63. The van der Waals surface area contributed by atoms with Gasteiger partial charge in [-0.25, -0.2) is 4.98 Å². The molecule has 3 rings (SSSR count). The third-order valence-corrected chi connectivity index (χ3v) is 3.94. The number of H-pyrrole nitrogens is 1. The van der Waals surface area contributed by atoms with Gasteiger partial charge in [-0.2, -0.15) is 0 Å². The molecule has 1 amide bonds. The summed E-state index contributed by atoms with van der Waals surface area (Å²) in [6, 6.07) is 0. The van der Waals surface area contributed by atoms with E-state index in [1.165, 1.54) is 0 Å². The predicted octanol–water partition coefficient (Wildman–Crippen LogP) is 1.10. The number of amides is 1. The molecule has 1 saturated carbocycles. The average molecular weight is 277 g/mol. The number of carbonyl (C=O) groups excluding carboxylic acids is 1. The standard InChI is InChI=1S/C14H23N5O/c1-10(2)9-18-5-7-19(8-6-18)14(20)13-15-12(16-17-13)11-3-4-11/h10-11H,3-9H2,1-2H3,(H,15,16,17). The van der Waals surface area contributed by atoms with E-state index in [-0.39, 0.29) is 5.91 Å². The van der Waals surface area contributed by atoms with Crippen LogP contribution in [0.3, 0.4) is 0 Å². The Kier molecular flexibility index (Phi) is 3.74. The van der Waals surface area contributed by atoms with Gasteiger partial charge in [0.05, 0.1) is 0 Å². The van der Waals surface area contributed by atoms with Crippen molar-refractivity contribution in [3.05, 3.63) is 11.6 Å². The van der Waals surface area contributed by atoms with Crippen LogP contribution in [0.1, 0.15) is 49.1 Å². The Labute approximate surface area is 119 Å². The number of hydrogen-bond acceptors (Lipinski definition) is 4. The quantitative estimate of drug-likeness (QED) is 0.895. The average Bonchev–Trinajstić information content (AvgIpc) is 3.16. The van der Waals surface area contributed by atoms with Crippen LogP contribution in [0.5, 0.6) is 0 Å². The van der Waals surface area contributed by atoms with Crippen LogP contribution >= 0.6 is 0 Å². The highest BCUT2D eigenvalue weighted by Gasteiger charge is 2.30. The van der Waals surface area contributed by atoms with Crippen molar-refractivity contribution in [1.29, 1.82) is 0 Å². The molecule has 6 nitrogen and oxygen atoms in total. The van der Waals surface area contributed by atoms with Crippen LogP contribution in [0.2, 0.25) is 0 Å². The van der Waals surface area contributed by atoms with Gasteiger partial charge in [0.2, 0.25) is 5.82 Å². The van der Waals surface area contributed by atoms with Gasteiger partial charge in [0.1, 0.15) is 5.82 Å². The molecular weight excluding hydrogens is 254 g/mol. The van der Waals surface area contributed by atoms with Crippen molar-refractivity contribution in [2.45, 2.75) is 32.6 Å². The minimum absolute atomic E-state index is 0.0302. The molecule has 20 heavy (non-hydrogen) atoms. The maximum atomic E-state index is 12.3. The molecule has 1 aromatic heterocycles. The highest BCUT2D eigenvalue weighted by molar-refractivity contribution is 5.90. The summed E-state index contributed by atoms with van der Waals surface area (Å²) in [5.41, 5.74) is 0. The fraction of sp³-hybridized carbons (Fsp3) is 0.786. The number of hydrogen-bond donors (Lipinski definition) is 1. The largest absolute Gasteiger partial charge is 0.333 e. The molecule has 0 radical (unpaired) electrons. The van der Waals surface area contributed by atoms with Crippen LogP contribution in [0.25, 0.3) is 0 Å². The van der Waals surface area contributed by atoms with Gasteiger partial charge in [0, 0.05) is 38.6 Å². The van der Waals surface area contributed by atoms with Crippen molar-refractivity contribution >= 4 is 5.91 Å². The summed E-state index contributed by atoms with van der Waals surface area (Å²) in [7, 11) is 0. The van der Waals surface area contributed by atoms with E-state index in [0.29, 0.717) is 17.7 Å². The first-order valence-corrected chi connectivity index (χ1v) is 7.57. The molecule has 1 saturated heterocycles. The minimum atomic E-state index is -0.0302. The van der Waals surface area contributed by atoms with Gasteiger partial charge < -0.3 is 4.90 Å². The summed E-state index contributed by atoms with van der Waals surface area (Å²) >= 11 is 0. The van der Waals surface area contributed by atoms with E-state index < -0.39 is 0 Å². The van der Waals surface area contributed by atoms with Gasteiger partial charge >= 0.3 is 0 Å². The maximum absolute atomic E-state index is 12.3. The summed E-state index contributed by atoms with van der Waals surface area (Å²) in [5.74, 6) is 2.37. The van der Waals surface area contributed by atoms with Gasteiger partial charge in [-0.05, 0) is 18.8 Å². The highest BCUT2D eigenvalue weighted by Crippen LogP contribution is 2.37. The molecule has 2 fully saturated rings. The Balaban J connectivity index is 1.55. The molecule has 2 heterocycles. The number of rotatable bonds is 4. The lowest BCUT2D eigenvalue weighted by Gasteiger charge is -2.34. The van der Waals surface area contributed by atoms with Crippen LogP contribution in [-0.4, -0.2) is 63.6 Å². The Morgan fingerprint density at radius 2 is 2.00 bits per heavy atom. The van der Waals surface area contributed by atoms with Gasteiger partial charge in [-0.15, -0.1) is 5.10 Å². The fourth-order valence-electron chi connectivity index (χ4n) is 2.70. The second-order valence-electron chi connectivity index (χ2n) is 6.31. The molecule has 0 spiro atoms. The predicted molar refractivity (Wildman–Crippen MR) is 75.5 cm³/mol. The van der Waals surface area contributed by atoms with Gasteiger partial charge in [0.15, 0.2) is 0 Å². The molecule has 0 unspecified atom stereocenters. The number of carbonyl (C=O) groups is 1. The second-order valence-corrected chi connectivity index (χ2v) is 6.31. The van der Waals surface area contributed by atoms with Crippen molar-refractivity contribution in [2.24, 2.45) is 5.92 Å². The number of nitrogens with one attached hydrogen (secondary N) is 1. The first-order valence-electron chi connectivity index (χ1n) is 7.57. The number of nitrogens with zero attached hydrogens (tertiary/aromatic N) is 4. The first kappa shape index (κ1) is 13.5. The monoisotopic (exact) mass is 277 g/mol. The summed E-state index contributed by atoms with van der Waals surface area (Å²) in [5, 5.41) is 6.98. The molecular formula is C14H23N5O. The molecule has 2 aliphatic rings. The summed E-state index contributed by atoms with van der Waals surface area (Å²) < 4.78 is 0. The smallest absolute Gasteiger partial charge is 0.293 e. The van der Waals surface area contributed by atoms with E-state index in [2.05, 4.69) is 33.9 Å². The van der Waals surface area contributed by atoms with Crippen LogP contribution in [0.4, 0.5) is 0 Å². The van der Waals surface area contributed by atoms with Gasteiger partial charge in [-0.1, -0.05) is 13.8 Å². The molecule has 0 aromatic carbocycles. The van der Waals surface area contributed by atoms with E-state index in [0.717, 1.165) is 51.4 Å². The highest BCUT2D eigenvalue weighted by atomic mass is 16.2. The third kappa shape index (κ3) is 3.00. The van der Waals surface area contributed by atoms with Crippen molar-refractivity contribution in [3.63, 3.8) is 0 Å². The molecule has 1 aliphatic heterocycles. The van der Waals surface area contributed by atoms with Crippen LogP contribution < -0.4 is 0 Å². The Hall–Kier alpha value is -1.43. The molecule has 1 aliphatic carbocycles. The van der Waals surface area contributed by atoms with Crippen molar-refractivity contribution in [1.82, 2.24) is 25.0 Å². The number of piperazine rings is 1. The molecule has 6 heteroatoms.